The maximum atomic E-state index is 14.0. The number of allylic oxidation sites excluding steroid dienone is 3. The summed E-state index contributed by atoms with van der Waals surface area (Å²) in [5.41, 5.74) is 6.02. The molecule has 1 atom stereocenters. The van der Waals surface area contributed by atoms with Crippen LogP contribution in [-0.2, 0) is 12.0 Å². The van der Waals surface area contributed by atoms with Crippen LogP contribution in [0.1, 0.15) is 59.0 Å². The number of fused-ring (bicyclic) bond motifs is 5. The number of ketones is 2. The molecule has 2 aliphatic heterocycles. The van der Waals surface area contributed by atoms with E-state index < -0.39 is 5.92 Å². The summed E-state index contributed by atoms with van der Waals surface area (Å²) in [6.07, 6.45) is 2.83. The van der Waals surface area contributed by atoms with Crippen molar-refractivity contribution in [1.82, 2.24) is 15.1 Å². The lowest BCUT2D eigenvalue weighted by Crippen LogP contribution is -2.72. The molecule has 0 radical (unpaired) electrons. The van der Waals surface area contributed by atoms with Crippen molar-refractivity contribution in [3.8, 4) is 5.75 Å². The fourth-order valence-electron chi connectivity index (χ4n) is 6.78. The second-order valence-electron chi connectivity index (χ2n) is 13.5. The van der Waals surface area contributed by atoms with Crippen LogP contribution in [0.2, 0.25) is 0 Å². The molecule has 0 aromatic heterocycles. The Hall–Kier alpha value is -4.33. The third kappa shape index (κ3) is 5.78. The highest BCUT2D eigenvalue weighted by atomic mass is 16.5. The highest BCUT2D eigenvalue weighted by Crippen LogP contribution is 2.39. The molecule has 7 heteroatoms. The zero-order valence-corrected chi connectivity index (χ0v) is 26.4. The van der Waals surface area contributed by atoms with E-state index in [9.17, 15) is 9.59 Å². The van der Waals surface area contributed by atoms with Crippen LogP contribution < -0.4 is 15.0 Å². The first-order valence-corrected chi connectivity index (χ1v) is 16.1. The van der Waals surface area contributed by atoms with Crippen LogP contribution in [0.3, 0.4) is 0 Å². The number of nitrogens with zero attached hydrogens (tertiary/aromatic N) is 2. The van der Waals surface area contributed by atoms with Crippen LogP contribution in [0.5, 0.6) is 5.75 Å². The third-order valence-corrected chi connectivity index (χ3v) is 9.37. The topological polar surface area (TPSA) is 75.9 Å². The molecule has 3 aromatic rings. The van der Waals surface area contributed by atoms with Crippen LogP contribution in [0, 0.1) is 5.92 Å². The molecule has 3 aromatic carbocycles. The predicted molar refractivity (Wildman–Crippen MR) is 176 cm³/mol. The molecule has 1 fully saturated rings. The number of hydrogen-bond donors (Lipinski definition) is 2. The fraction of sp³-hybridized carbons (Fsp3) is 0.342. The third-order valence-electron chi connectivity index (χ3n) is 9.37. The summed E-state index contributed by atoms with van der Waals surface area (Å²) >= 11 is 0. The van der Waals surface area contributed by atoms with Crippen molar-refractivity contribution in [3.63, 3.8) is 0 Å². The second kappa shape index (κ2) is 11.9. The van der Waals surface area contributed by atoms with E-state index in [1.54, 1.807) is 12.1 Å². The van der Waals surface area contributed by atoms with E-state index in [0.29, 0.717) is 40.4 Å². The Labute approximate surface area is 265 Å². The van der Waals surface area contributed by atoms with Gasteiger partial charge in [0.25, 0.3) is 0 Å². The lowest BCUT2D eigenvalue weighted by molar-refractivity contribution is -0.361. The molecule has 0 amide bonds. The SMILES string of the molecule is CC(C)(C)c1ccc2c(c1)OC1=CC(NCCCN3CCN(Cc4ccccc4)CC3)=C3C(=O)c4ccccc4C(=O)C3C1=[NH+]2. The number of carbonyl (C=O) groups is 2. The van der Waals surface area contributed by atoms with Crippen molar-refractivity contribution in [2.45, 2.75) is 39.2 Å². The maximum Gasteiger partial charge on any atom is 0.246 e. The average Bonchev–Trinajstić information content (AvgIpc) is 3.04. The van der Waals surface area contributed by atoms with Gasteiger partial charge in [-0.15, -0.1) is 0 Å². The standard InChI is InChI=1S/C38H40N4O3/c1-38(2,3)26-14-15-29-31(22-26)45-32-23-30(33-34(35(32)40-29)37(44)28-13-8-7-12-27(28)36(33)43)39-16-9-17-41-18-20-42(21-19-41)24-25-10-5-4-6-11-25/h4-8,10-15,22-23,34,39H,9,16-21,24H2,1-3H3/p+1. The van der Waals surface area contributed by atoms with E-state index in [1.807, 2.05) is 24.3 Å². The summed E-state index contributed by atoms with van der Waals surface area (Å²) in [5, 5.41) is 3.55. The van der Waals surface area contributed by atoms with E-state index in [0.717, 1.165) is 62.7 Å². The molecule has 2 N–H and O–H groups in total. The van der Waals surface area contributed by atoms with E-state index in [4.69, 9.17) is 4.74 Å². The summed E-state index contributed by atoms with van der Waals surface area (Å²) in [6, 6.07) is 24.0. The van der Waals surface area contributed by atoms with Gasteiger partial charge < -0.3 is 15.0 Å². The number of Topliss-reactive ketones (excluding diaryl/α,β-unsaturated/α-hetero) is 2. The Morgan fingerprint density at radius 3 is 2.36 bits per heavy atom. The van der Waals surface area contributed by atoms with Crippen LogP contribution in [0.4, 0.5) is 5.69 Å². The number of ether oxygens (including phenoxy) is 1. The summed E-state index contributed by atoms with van der Waals surface area (Å²) in [7, 11) is 0. The van der Waals surface area contributed by atoms with Crippen molar-refractivity contribution < 1.29 is 19.3 Å². The molecule has 2 heterocycles. The quantitative estimate of drug-likeness (QED) is 0.396. The van der Waals surface area contributed by atoms with Gasteiger partial charge in [0, 0.05) is 73.8 Å². The predicted octanol–water partition coefficient (Wildman–Crippen LogP) is 4.17. The Balaban J connectivity index is 1.09. The summed E-state index contributed by atoms with van der Waals surface area (Å²) in [6.45, 7) is 13.4. The van der Waals surface area contributed by atoms with E-state index in [-0.39, 0.29) is 17.0 Å². The van der Waals surface area contributed by atoms with E-state index >= 15 is 0 Å². The van der Waals surface area contributed by atoms with Crippen LogP contribution in [0.25, 0.3) is 0 Å². The van der Waals surface area contributed by atoms with Crippen LogP contribution >= 0.6 is 0 Å². The average molecular weight is 602 g/mol. The van der Waals surface area contributed by atoms with Gasteiger partial charge in [0.2, 0.25) is 11.4 Å². The van der Waals surface area contributed by atoms with Crippen molar-refractivity contribution in [3.05, 3.63) is 118 Å². The molecule has 0 bridgehead atoms. The van der Waals surface area contributed by atoms with Gasteiger partial charge in [-0.05, 0) is 35.6 Å². The Kier molecular flexibility index (Phi) is 7.76. The second-order valence-corrected chi connectivity index (χ2v) is 13.5. The molecule has 7 nitrogen and oxygen atoms in total. The molecule has 7 rings (SSSR count). The molecule has 45 heavy (non-hydrogen) atoms. The van der Waals surface area contributed by atoms with Gasteiger partial charge in [-0.25, -0.2) is 4.99 Å². The molecule has 230 valence electrons. The normalized spacial score (nSPS) is 19.9. The zero-order chi connectivity index (χ0) is 31.1. The number of carbonyl (C=O) groups excluding carboxylic acids is 2. The highest BCUT2D eigenvalue weighted by molar-refractivity contribution is 6.32. The molecular weight excluding hydrogens is 560 g/mol. The smallest absolute Gasteiger partial charge is 0.246 e. The van der Waals surface area contributed by atoms with Gasteiger partial charge in [0.1, 0.15) is 5.92 Å². The fourth-order valence-corrected chi connectivity index (χ4v) is 6.78. The first-order valence-electron chi connectivity index (χ1n) is 16.1. The largest absolute Gasteiger partial charge is 0.444 e. The summed E-state index contributed by atoms with van der Waals surface area (Å²) in [4.78, 5) is 36.5. The lowest BCUT2D eigenvalue weighted by Gasteiger charge is -2.35. The molecule has 4 aliphatic rings. The molecule has 2 aliphatic carbocycles. The molecule has 0 spiro atoms. The minimum Gasteiger partial charge on any atom is -0.444 e. The van der Waals surface area contributed by atoms with Crippen LogP contribution in [-0.4, -0.2) is 66.3 Å². The minimum atomic E-state index is -0.747. The monoisotopic (exact) mass is 601 g/mol. The number of hydrogen-bond acceptors (Lipinski definition) is 6. The minimum absolute atomic E-state index is 0.0346. The van der Waals surface area contributed by atoms with Crippen LogP contribution in [0.15, 0.2) is 95.9 Å². The Bertz CT molecular complexity index is 1740. The van der Waals surface area contributed by atoms with Gasteiger partial charge in [-0.1, -0.05) is 81.4 Å². The van der Waals surface area contributed by atoms with Crippen molar-refractivity contribution in [2.75, 3.05) is 39.3 Å². The van der Waals surface area contributed by atoms with Gasteiger partial charge in [-0.2, -0.15) is 0 Å². The first-order chi connectivity index (χ1) is 21.8. The van der Waals surface area contributed by atoms with Crippen molar-refractivity contribution in [2.24, 2.45) is 5.92 Å². The summed E-state index contributed by atoms with van der Waals surface area (Å²) in [5.74, 6) is 0.370. The maximum absolute atomic E-state index is 14.0. The number of nitrogens with one attached hydrogen (secondary N) is 2. The summed E-state index contributed by atoms with van der Waals surface area (Å²) < 4.78 is 6.49. The molecular formula is C38H41N4O3+. The molecule has 0 saturated carbocycles. The zero-order valence-electron chi connectivity index (χ0n) is 26.4. The highest BCUT2D eigenvalue weighted by Gasteiger charge is 2.49. The number of benzene rings is 3. The Morgan fingerprint density at radius 2 is 1.60 bits per heavy atom. The van der Waals surface area contributed by atoms with Gasteiger partial charge in [0.05, 0.1) is 0 Å². The van der Waals surface area contributed by atoms with Crippen molar-refractivity contribution in [1.29, 1.82) is 0 Å². The molecule has 1 saturated heterocycles. The van der Waals surface area contributed by atoms with E-state index in [1.165, 1.54) is 5.56 Å². The van der Waals surface area contributed by atoms with Crippen molar-refractivity contribution >= 4 is 23.0 Å². The van der Waals surface area contributed by atoms with Gasteiger partial charge in [-0.3, -0.25) is 14.5 Å². The number of piperazine rings is 1. The van der Waals surface area contributed by atoms with Gasteiger partial charge in [0.15, 0.2) is 23.1 Å². The number of rotatable bonds is 7. The Morgan fingerprint density at radius 1 is 0.889 bits per heavy atom. The molecule has 1 unspecified atom stereocenters. The van der Waals surface area contributed by atoms with Gasteiger partial charge >= 0.3 is 0 Å². The first kappa shape index (κ1) is 29.4. The van der Waals surface area contributed by atoms with E-state index in [2.05, 4.69) is 83.3 Å². The lowest BCUT2D eigenvalue weighted by atomic mass is 9.72.